The van der Waals surface area contributed by atoms with Crippen LogP contribution < -0.4 is 10.6 Å². The monoisotopic (exact) mass is 208 g/mol. The Morgan fingerprint density at radius 1 is 1.60 bits per heavy atom. The molecule has 3 heteroatoms. The molecule has 1 heterocycles. The quantitative estimate of drug-likeness (QED) is 0.681. The molecule has 0 aromatic carbocycles. The first-order valence-electron chi connectivity index (χ1n) is 5.71. The van der Waals surface area contributed by atoms with Gasteiger partial charge in [-0.15, -0.1) is 12.3 Å². The van der Waals surface area contributed by atoms with Gasteiger partial charge in [-0.1, -0.05) is 12.8 Å². The summed E-state index contributed by atoms with van der Waals surface area (Å²) in [6, 6.07) is 0.0558. The molecule has 1 aliphatic rings. The van der Waals surface area contributed by atoms with Gasteiger partial charge in [0.05, 0.1) is 6.04 Å². The molecular formula is C12H20N2O. The first-order chi connectivity index (χ1) is 7.24. The molecule has 0 radical (unpaired) electrons. The van der Waals surface area contributed by atoms with Crippen molar-refractivity contribution in [1.29, 1.82) is 0 Å². The molecule has 1 rings (SSSR count). The van der Waals surface area contributed by atoms with Crippen LogP contribution in [-0.4, -0.2) is 24.5 Å². The molecular weight excluding hydrogens is 188 g/mol. The predicted octanol–water partition coefficient (Wildman–Crippen LogP) is 1.05. The van der Waals surface area contributed by atoms with E-state index in [0.29, 0.717) is 6.42 Å². The van der Waals surface area contributed by atoms with Crippen molar-refractivity contribution < 1.29 is 4.79 Å². The van der Waals surface area contributed by atoms with E-state index in [0.717, 1.165) is 19.4 Å². The highest BCUT2D eigenvalue weighted by molar-refractivity contribution is 5.82. The van der Waals surface area contributed by atoms with Crippen LogP contribution >= 0.6 is 0 Å². The van der Waals surface area contributed by atoms with Gasteiger partial charge in [0.25, 0.3) is 0 Å². The number of hydrogen-bond donors (Lipinski definition) is 2. The molecule has 2 unspecified atom stereocenters. The van der Waals surface area contributed by atoms with Gasteiger partial charge in [0.1, 0.15) is 0 Å². The molecule has 2 atom stereocenters. The van der Waals surface area contributed by atoms with E-state index in [2.05, 4.69) is 16.6 Å². The van der Waals surface area contributed by atoms with Gasteiger partial charge in [-0.25, -0.2) is 0 Å². The third kappa shape index (κ3) is 4.35. The lowest BCUT2D eigenvalue weighted by Crippen LogP contribution is -2.46. The van der Waals surface area contributed by atoms with Gasteiger partial charge in [0.15, 0.2) is 0 Å². The Morgan fingerprint density at radius 2 is 2.40 bits per heavy atom. The minimum absolute atomic E-state index is 0.0206. The summed E-state index contributed by atoms with van der Waals surface area (Å²) in [5, 5.41) is 6.20. The summed E-state index contributed by atoms with van der Waals surface area (Å²) < 4.78 is 0. The highest BCUT2D eigenvalue weighted by Crippen LogP contribution is 2.08. The molecule has 3 nitrogen and oxygen atoms in total. The molecule has 84 valence electrons. The van der Waals surface area contributed by atoms with Crippen molar-refractivity contribution in [3.05, 3.63) is 0 Å². The lowest BCUT2D eigenvalue weighted by Gasteiger charge is -2.18. The minimum atomic E-state index is -0.0206. The first kappa shape index (κ1) is 12.1. The molecule has 0 saturated carbocycles. The third-order valence-corrected chi connectivity index (χ3v) is 2.69. The van der Waals surface area contributed by atoms with Crippen LogP contribution in [0.1, 0.15) is 39.0 Å². The summed E-state index contributed by atoms with van der Waals surface area (Å²) in [4.78, 5) is 11.8. The van der Waals surface area contributed by atoms with Crippen LogP contribution in [0.2, 0.25) is 0 Å². The molecule has 0 bridgehead atoms. The molecule has 2 N–H and O–H groups in total. The van der Waals surface area contributed by atoms with Gasteiger partial charge in [-0.3, -0.25) is 4.79 Å². The molecule has 1 saturated heterocycles. The smallest absolute Gasteiger partial charge is 0.237 e. The van der Waals surface area contributed by atoms with Gasteiger partial charge >= 0.3 is 0 Å². The van der Waals surface area contributed by atoms with Crippen molar-refractivity contribution in [2.75, 3.05) is 6.54 Å². The molecule has 0 aromatic heterocycles. The van der Waals surface area contributed by atoms with Crippen LogP contribution in [0, 0.1) is 12.3 Å². The Bertz CT molecular complexity index is 236. The lowest BCUT2D eigenvalue weighted by atomic mass is 10.1. The fourth-order valence-electron chi connectivity index (χ4n) is 1.82. The number of carbonyl (C=O) groups is 1. The second kappa shape index (κ2) is 6.47. The van der Waals surface area contributed by atoms with E-state index in [1.165, 1.54) is 12.8 Å². The van der Waals surface area contributed by atoms with Gasteiger partial charge in [0, 0.05) is 12.5 Å². The Morgan fingerprint density at radius 3 is 3.13 bits per heavy atom. The van der Waals surface area contributed by atoms with Gasteiger partial charge in [-0.2, -0.15) is 0 Å². The number of terminal acetylenes is 1. The summed E-state index contributed by atoms with van der Waals surface area (Å²) in [5.41, 5.74) is 0. The van der Waals surface area contributed by atoms with Crippen LogP contribution in [0.5, 0.6) is 0 Å². The second-order valence-electron chi connectivity index (χ2n) is 4.17. The largest absolute Gasteiger partial charge is 0.351 e. The predicted molar refractivity (Wildman–Crippen MR) is 61.3 cm³/mol. The summed E-state index contributed by atoms with van der Waals surface area (Å²) in [6.07, 6.45) is 10.2. The van der Waals surface area contributed by atoms with Crippen molar-refractivity contribution >= 4 is 5.91 Å². The van der Waals surface area contributed by atoms with Gasteiger partial charge in [-0.05, 0) is 26.3 Å². The highest BCUT2D eigenvalue weighted by Gasteiger charge is 2.20. The van der Waals surface area contributed by atoms with E-state index in [4.69, 9.17) is 6.42 Å². The number of nitrogens with one attached hydrogen (secondary N) is 2. The van der Waals surface area contributed by atoms with Crippen molar-refractivity contribution in [2.45, 2.75) is 51.1 Å². The number of carbonyl (C=O) groups excluding carboxylic acids is 1. The maximum Gasteiger partial charge on any atom is 0.237 e. The summed E-state index contributed by atoms with van der Waals surface area (Å²) >= 11 is 0. The van der Waals surface area contributed by atoms with E-state index in [-0.39, 0.29) is 18.0 Å². The number of hydrogen-bond acceptors (Lipinski definition) is 2. The Kier molecular flexibility index (Phi) is 5.20. The topological polar surface area (TPSA) is 41.1 Å². The molecule has 0 aromatic rings. The maximum absolute atomic E-state index is 11.8. The molecule has 15 heavy (non-hydrogen) atoms. The first-order valence-corrected chi connectivity index (χ1v) is 5.71. The van der Waals surface area contributed by atoms with Crippen LogP contribution in [0.15, 0.2) is 0 Å². The Balaban J connectivity index is 2.34. The average molecular weight is 208 g/mol. The van der Waals surface area contributed by atoms with E-state index < -0.39 is 0 Å². The summed E-state index contributed by atoms with van der Waals surface area (Å²) in [6.45, 7) is 2.88. The van der Waals surface area contributed by atoms with Crippen LogP contribution in [0.4, 0.5) is 0 Å². The zero-order valence-corrected chi connectivity index (χ0v) is 9.38. The SMILES string of the molecule is C#CCC(C)NC(=O)C1CCCCCN1. The summed E-state index contributed by atoms with van der Waals surface area (Å²) in [7, 11) is 0. The van der Waals surface area contributed by atoms with Crippen molar-refractivity contribution in [3.63, 3.8) is 0 Å². The maximum atomic E-state index is 11.8. The normalized spacial score (nSPS) is 23.6. The second-order valence-corrected chi connectivity index (χ2v) is 4.17. The van der Waals surface area contributed by atoms with E-state index >= 15 is 0 Å². The van der Waals surface area contributed by atoms with Crippen LogP contribution in [-0.2, 0) is 4.79 Å². The van der Waals surface area contributed by atoms with Crippen molar-refractivity contribution in [2.24, 2.45) is 0 Å². The molecule has 1 amide bonds. The molecule has 1 fully saturated rings. The Labute approximate surface area is 92.0 Å². The van der Waals surface area contributed by atoms with E-state index in [1.807, 2.05) is 6.92 Å². The average Bonchev–Trinajstić information content (AvgIpc) is 2.45. The highest BCUT2D eigenvalue weighted by atomic mass is 16.2. The van der Waals surface area contributed by atoms with E-state index in [1.54, 1.807) is 0 Å². The summed E-state index contributed by atoms with van der Waals surface area (Å²) in [5.74, 6) is 2.65. The molecule has 0 aliphatic carbocycles. The fraction of sp³-hybridized carbons (Fsp3) is 0.750. The van der Waals surface area contributed by atoms with Crippen LogP contribution in [0.3, 0.4) is 0 Å². The zero-order valence-electron chi connectivity index (χ0n) is 9.38. The van der Waals surface area contributed by atoms with E-state index in [9.17, 15) is 4.79 Å². The molecule has 1 aliphatic heterocycles. The fourth-order valence-corrected chi connectivity index (χ4v) is 1.82. The zero-order chi connectivity index (χ0) is 11.1. The standard InChI is InChI=1S/C12H20N2O/c1-3-7-10(2)14-12(15)11-8-5-4-6-9-13-11/h1,10-11,13H,4-9H2,2H3,(H,14,15). The van der Waals surface area contributed by atoms with Crippen LogP contribution in [0.25, 0.3) is 0 Å². The molecule has 0 spiro atoms. The minimum Gasteiger partial charge on any atom is -0.351 e. The van der Waals surface area contributed by atoms with Crippen molar-refractivity contribution in [3.8, 4) is 12.3 Å². The number of amides is 1. The van der Waals surface area contributed by atoms with Crippen molar-refractivity contribution in [1.82, 2.24) is 10.6 Å². The van der Waals surface area contributed by atoms with Gasteiger partial charge < -0.3 is 10.6 Å². The van der Waals surface area contributed by atoms with Gasteiger partial charge in [0.2, 0.25) is 5.91 Å². The number of rotatable bonds is 3. The lowest BCUT2D eigenvalue weighted by molar-refractivity contribution is -0.123. The Hall–Kier alpha value is -1.01. The third-order valence-electron chi connectivity index (χ3n) is 2.69.